The molecular formula is C27H29F2N3O4. The third-order valence-corrected chi connectivity index (χ3v) is 6.25. The van der Waals surface area contributed by atoms with Crippen LogP contribution in [0.3, 0.4) is 0 Å². The first-order valence-corrected chi connectivity index (χ1v) is 12.0. The van der Waals surface area contributed by atoms with Crippen molar-refractivity contribution in [3.63, 3.8) is 0 Å². The van der Waals surface area contributed by atoms with Crippen molar-refractivity contribution < 1.29 is 28.2 Å². The summed E-state index contributed by atoms with van der Waals surface area (Å²) in [5.74, 6) is -3.24. The Morgan fingerprint density at radius 1 is 1.14 bits per heavy atom. The fraction of sp³-hybridized carbons (Fsp3) is 0.370. The standard InChI is InChI=1S/C27H29F2N3O4/c1-4-11-31-15-21(23(17-7-5-9-19(28)12-17)18-8-6-10-20(29)13-18)32-24(26(31)34)25(22(33)14-30-32)36-27(35)16(2)3/h5-10,12-14,16,21-23,33H,4,11,15H2,1-3H3. The summed E-state index contributed by atoms with van der Waals surface area (Å²) < 4.78 is 34.2. The Bertz CT molecular complexity index is 1170. The lowest BCUT2D eigenvalue weighted by atomic mass is 9.83. The number of esters is 1. The van der Waals surface area contributed by atoms with Crippen LogP contribution in [-0.2, 0) is 14.3 Å². The summed E-state index contributed by atoms with van der Waals surface area (Å²) in [4.78, 5) is 27.6. The Balaban J connectivity index is 1.90. The molecule has 2 unspecified atom stereocenters. The lowest BCUT2D eigenvalue weighted by Crippen LogP contribution is -2.57. The van der Waals surface area contributed by atoms with Gasteiger partial charge in [0.25, 0.3) is 5.91 Å². The number of aliphatic hydroxyl groups excluding tert-OH is 1. The van der Waals surface area contributed by atoms with Crippen LogP contribution in [0.1, 0.15) is 44.2 Å². The van der Waals surface area contributed by atoms with Crippen LogP contribution in [0.4, 0.5) is 8.78 Å². The van der Waals surface area contributed by atoms with Gasteiger partial charge in [0, 0.05) is 19.0 Å². The molecule has 2 aromatic rings. The molecule has 7 nitrogen and oxygen atoms in total. The first-order chi connectivity index (χ1) is 17.2. The number of hydrogen-bond acceptors (Lipinski definition) is 6. The van der Waals surface area contributed by atoms with E-state index >= 15 is 0 Å². The zero-order chi connectivity index (χ0) is 26.0. The lowest BCUT2D eigenvalue weighted by molar-refractivity contribution is -0.145. The van der Waals surface area contributed by atoms with Crippen LogP contribution < -0.4 is 0 Å². The fourth-order valence-corrected chi connectivity index (χ4v) is 4.59. The maximum atomic E-state index is 14.3. The van der Waals surface area contributed by atoms with Gasteiger partial charge < -0.3 is 14.7 Å². The van der Waals surface area contributed by atoms with Crippen molar-refractivity contribution in [2.75, 3.05) is 13.1 Å². The number of aliphatic hydroxyl groups is 1. The van der Waals surface area contributed by atoms with Gasteiger partial charge in [-0.25, -0.2) is 8.78 Å². The van der Waals surface area contributed by atoms with E-state index < -0.39 is 47.5 Å². The molecule has 0 aromatic heterocycles. The summed E-state index contributed by atoms with van der Waals surface area (Å²) in [5, 5.41) is 16.4. The average Bonchev–Trinajstić information content (AvgIpc) is 2.83. The Kier molecular flexibility index (Phi) is 7.49. The Morgan fingerprint density at radius 3 is 2.28 bits per heavy atom. The minimum Gasteiger partial charge on any atom is -0.425 e. The molecule has 9 heteroatoms. The number of ether oxygens (including phenoxy) is 1. The molecule has 0 spiro atoms. The highest BCUT2D eigenvalue weighted by molar-refractivity contribution is 5.96. The molecule has 0 bridgehead atoms. The van der Waals surface area contributed by atoms with Crippen molar-refractivity contribution in [1.29, 1.82) is 0 Å². The molecular weight excluding hydrogens is 468 g/mol. The highest BCUT2D eigenvalue weighted by Gasteiger charge is 2.46. The van der Waals surface area contributed by atoms with Gasteiger partial charge in [-0.3, -0.25) is 14.6 Å². The quantitative estimate of drug-likeness (QED) is 0.589. The smallest absolute Gasteiger partial charge is 0.313 e. The summed E-state index contributed by atoms with van der Waals surface area (Å²) in [6, 6.07) is 11.4. The Morgan fingerprint density at radius 2 is 1.75 bits per heavy atom. The molecule has 0 radical (unpaired) electrons. The number of hydrogen-bond donors (Lipinski definition) is 1. The van der Waals surface area contributed by atoms with Gasteiger partial charge in [-0.1, -0.05) is 45.0 Å². The Labute approximate surface area is 208 Å². The number of halogens is 2. The zero-order valence-corrected chi connectivity index (χ0v) is 20.4. The third-order valence-electron chi connectivity index (χ3n) is 6.25. The number of hydrazone groups is 1. The van der Waals surface area contributed by atoms with Crippen LogP contribution in [0, 0.1) is 17.6 Å². The van der Waals surface area contributed by atoms with E-state index in [4.69, 9.17) is 4.74 Å². The molecule has 2 aliphatic heterocycles. The van der Waals surface area contributed by atoms with Gasteiger partial charge >= 0.3 is 5.97 Å². The van der Waals surface area contributed by atoms with Crippen LogP contribution in [0.15, 0.2) is 65.1 Å². The molecule has 4 rings (SSSR count). The highest BCUT2D eigenvalue weighted by atomic mass is 19.1. The number of nitrogens with zero attached hydrogens (tertiary/aromatic N) is 3. The van der Waals surface area contributed by atoms with Gasteiger partial charge in [0.15, 0.2) is 17.6 Å². The van der Waals surface area contributed by atoms with Gasteiger partial charge in [0.1, 0.15) is 11.6 Å². The van der Waals surface area contributed by atoms with E-state index in [1.807, 2.05) is 6.92 Å². The molecule has 2 heterocycles. The predicted octanol–water partition coefficient (Wildman–Crippen LogP) is 3.79. The SMILES string of the molecule is CCCN1CC(C(c2cccc(F)c2)c2cccc(F)c2)N2N=CC(O)C(OC(=O)C(C)C)=C2C1=O. The van der Waals surface area contributed by atoms with Gasteiger partial charge in [-0.2, -0.15) is 5.10 Å². The van der Waals surface area contributed by atoms with Crippen molar-refractivity contribution in [3.05, 3.63) is 82.7 Å². The van der Waals surface area contributed by atoms with Gasteiger partial charge in [-0.15, -0.1) is 0 Å². The first kappa shape index (κ1) is 25.5. The largest absolute Gasteiger partial charge is 0.425 e. The Hall–Kier alpha value is -3.59. The number of benzene rings is 2. The topological polar surface area (TPSA) is 82.4 Å². The average molecular weight is 498 g/mol. The van der Waals surface area contributed by atoms with Crippen LogP contribution in [0.5, 0.6) is 0 Å². The van der Waals surface area contributed by atoms with E-state index in [9.17, 15) is 23.5 Å². The second kappa shape index (κ2) is 10.6. The van der Waals surface area contributed by atoms with Crippen LogP contribution in [0.25, 0.3) is 0 Å². The molecule has 1 saturated heterocycles. The zero-order valence-electron chi connectivity index (χ0n) is 20.4. The monoisotopic (exact) mass is 497 g/mol. The van der Waals surface area contributed by atoms with Crippen molar-refractivity contribution in [2.45, 2.75) is 45.3 Å². The summed E-state index contributed by atoms with van der Waals surface area (Å²) in [6.45, 7) is 5.82. The number of rotatable bonds is 7. The van der Waals surface area contributed by atoms with Crippen molar-refractivity contribution >= 4 is 18.1 Å². The predicted molar refractivity (Wildman–Crippen MR) is 130 cm³/mol. The molecule has 2 atom stereocenters. The molecule has 190 valence electrons. The number of carbonyl (C=O) groups excluding carboxylic acids is 2. The summed E-state index contributed by atoms with van der Waals surface area (Å²) in [5.41, 5.74) is 1.08. The van der Waals surface area contributed by atoms with E-state index in [2.05, 4.69) is 5.10 Å². The molecule has 1 fully saturated rings. The van der Waals surface area contributed by atoms with Crippen LogP contribution >= 0.6 is 0 Å². The first-order valence-electron chi connectivity index (χ1n) is 12.0. The van der Waals surface area contributed by atoms with E-state index in [1.165, 1.54) is 35.5 Å². The molecule has 1 N–H and O–H groups in total. The minimum absolute atomic E-state index is 0.0542. The molecule has 1 amide bonds. The maximum absolute atomic E-state index is 14.3. The number of amides is 1. The number of piperazine rings is 1. The fourth-order valence-electron chi connectivity index (χ4n) is 4.59. The summed E-state index contributed by atoms with van der Waals surface area (Å²) in [6.07, 6.45) is 0.451. The number of fused-ring (bicyclic) bond motifs is 1. The van der Waals surface area contributed by atoms with E-state index in [0.29, 0.717) is 24.1 Å². The normalized spacial score (nSPS) is 19.8. The highest BCUT2D eigenvalue weighted by Crippen LogP contribution is 2.39. The molecule has 2 aromatic carbocycles. The van der Waals surface area contributed by atoms with Gasteiger partial charge in [0.2, 0.25) is 0 Å². The maximum Gasteiger partial charge on any atom is 0.313 e. The molecule has 0 saturated carbocycles. The van der Waals surface area contributed by atoms with Crippen LogP contribution in [0.2, 0.25) is 0 Å². The van der Waals surface area contributed by atoms with Gasteiger partial charge in [-0.05, 0) is 41.8 Å². The molecule has 2 aliphatic rings. The van der Waals surface area contributed by atoms with Crippen LogP contribution in [-0.4, -0.2) is 58.3 Å². The van der Waals surface area contributed by atoms with Crippen molar-refractivity contribution in [3.8, 4) is 0 Å². The summed E-state index contributed by atoms with van der Waals surface area (Å²) >= 11 is 0. The minimum atomic E-state index is -1.40. The lowest BCUT2D eigenvalue weighted by Gasteiger charge is -2.46. The van der Waals surface area contributed by atoms with E-state index in [1.54, 1.807) is 43.0 Å². The van der Waals surface area contributed by atoms with E-state index in [-0.39, 0.29) is 18.0 Å². The van der Waals surface area contributed by atoms with E-state index in [0.717, 1.165) is 0 Å². The third kappa shape index (κ3) is 5.02. The second-order valence-electron chi connectivity index (χ2n) is 9.25. The second-order valence-corrected chi connectivity index (χ2v) is 9.25. The number of carbonyl (C=O) groups is 2. The van der Waals surface area contributed by atoms with Crippen molar-refractivity contribution in [2.24, 2.45) is 11.0 Å². The summed E-state index contributed by atoms with van der Waals surface area (Å²) in [7, 11) is 0. The molecule has 0 aliphatic carbocycles. The van der Waals surface area contributed by atoms with Gasteiger partial charge in [0.05, 0.1) is 18.2 Å². The molecule has 36 heavy (non-hydrogen) atoms. The van der Waals surface area contributed by atoms with Crippen molar-refractivity contribution in [1.82, 2.24) is 9.91 Å².